The molecule has 0 bridgehead atoms. The Labute approximate surface area is 133 Å². The summed E-state index contributed by atoms with van der Waals surface area (Å²) >= 11 is 3.41. The van der Waals surface area contributed by atoms with Crippen molar-refractivity contribution < 1.29 is 9.53 Å². The number of rotatable bonds is 6. The van der Waals surface area contributed by atoms with Crippen LogP contribution in [0.5, 0.6) is 5.75 Å². The number of halogens is 1. The van der Waals surface area contributed by atoms with Crippen molar-refractivity contribution in [3.05, 3.63) is 58.6 Å². The number of carbonyl (C=O) groups is 1. The first-order valence-corrected chi connectivity index (χ1v) is 7.78. The second-order valence-electron chi connectivity index (χ2n) is 4.66. The average molecular weight is 348 g/mol. The molecule has 0 atom stereocenters. The molecule has 0 spiro atoms. The lowest BCUT2D eigenvalue weighted by atomic mass is 10.2. The molecule has 1 N–H and O–H groups in total. The van der Waals surface area contributed by atoms with Crippen molar-refractivity contribution in [3.63, 3.8) is 0 Å². The molecule has 0 fully saturated rings. The van der Waals surface area contributed by atoms with E-state index in [0.717, 1.165) is 28.8 Å². The topological polar surface area (TPSA) is 38.3 Å². The maximum atomic E-state index is 12.2. The molecule has 2 aromatic rings. The highest BCUT2D eigenvalue weighted by atomic mass is 79.9. The standard InChI is InChI=1S/C17H18BrNO2/c1-2-3-12-21-14-10-8-13(9-11-14)17(20)19-16-7-5-4-6-15(16)18/h4-11H,2-3,12H2,1H3,(H,19,20). The van der Waals surface area contributed by atoms with Gasteiger partial charge in [-0.25, -0.2) is 0 Å². The van der Waals surface area contributed by atoms with E-state index in [-0.39, 0.29) is 5.91 Å². The van der Waals surface area contributed by atoms with Crippen molar-refractivity contribution in [2.75, 3.05) is 11.9 Å². The number of nitrogens with one attached hydrogen (secondary N) is 1. The molecule has 0 aliphatic rings. The number of benzene rings is 2. The van der Waals surface area contributed by atoms with Gasteiger partial charge in [-0.05, 0) is 58.7 Å². The van der Waals surface area contributed by atoms with Gasteiger partial charge in [0.2, 0.25) is 0 Å². The van der Waals surface area contributed by atoms with E-state index in [4.69, 9.17) is 4.74 Å². The Morgan fingerprint density at radius 1 is 1.14 bits per heavy atom. The summed E-state index contributed by atoms with van der Waals surface area (Å²) < 4.78 is 6.44. The Balaban J connectivity index is 1.98. The maximum absolute atomic E-state index is 12.2. The molecule has 0 aromatic heterocycles. The third kappa shape index (κ3) is 4.60. The number of anilines is 1. The third-order valence-corrected chi connectivity index (χ3v) is 3.70. The molecule has 0 aliphatic carbocycles. The van der Waals surface area contributed by atoms with Crippen LogP contribution >= 0.6 is 15.9 Å². The Kier molecular flexibility index (Phi) is 5.81. The Hall–Kier alpha value is -1.81. The Morgan fingerprint density at radius 2 is 1.86 bits per heavy atom. The summed E-state index contributed by atoms with van der Waals surface area (Å²) in [6.07, 6.45) is 2.14. The van der Waals surface area contributed by atoms with Gasteiger partial charge in [-0.2, -0.15) is 0 Å². The molecule has 3 nitrogen and oxygen atoms in total. The summed E-state index contributed by atoms with van der Waals surface area (Å²) in [4.78, 5) is 12.2. The van der Waals surface area contributed by atoms with Crippen molar-refractivity contribution >= 4 is 27.5 Å². The lowest BCUT2D eigenvalue weighted by Crippen LogP contribution is -2.12. The van der Waals surface area contributed by atoms with Crippen LogP contribution in [0.4, 0.5) is 5.69 Å². The first-order chi connectivity index (χ1) is 10.2. The van der Waals surface area contributed by atoms with Gasteiger partial charge >= 0.3 is 0 Å². The molecule has 2 aromatic carbocycles. The summed E-state index contributed by atoms with van der Waals surface area (Å²) in [5.74, 6) is 0.655. The van der Waals surface area contributed by atoms with Gasteiger partial charge in [0.05, 0.1) is 12.3 Å². The van der Waals surface area contributed by atoms with Crippen LogP contribution < -0.4 is 10.1 Å². The van der Waals surface area contributed by atoms with Crippen LogP contribution in [-0.4, -0.2) is 12.5 Å². The van der Waals surface area contributed by atoms with Crippen LogP contribution in [0.15, 0.2) is 53.0 Å². The minimum absolute atomic E-state index is 0.137. The van der Waals surface area contributed by atoms with E-state index >= 15 is 0 Å². The predicted octanol–water partition coefficient (Wildman–Crippen LogP) is 4.88. The second-order valence-corrected chi connectivity index (χ2v) is 5.51. The van der Waals surface area contributed by atoms with E-state index < -0.39 is 0 Å². The van der Waals surface area contributed by atoms with Gasteiger partial charge in [0.1, 0.15) is 5.75 Å². The molecule has 0 radical (unpaired) electrons. The highest BCUT2D eigenvalue weighted by Crippen LogP contribution is 2.22. The van der Waals surface area contributed by atoms with Gasteiger partial charge in [0.25, 0.3) is 5.91 Å². The molecule has 110 valence electrons. The molecule has 1 amide bonds. The fourth-order valence-corrected chi connectivity index (χ4v) is 2.18. The molecular formula is C17H18BrNO2. The minimum Gasteiger partial charge on any atom is -0.494 e. The molecular weight excluding hydrogens is 330 g/mol. The lowest BCUT2D eigenvalue weighted by molar-refractivity contribution is 0.102. The van der Waals surface area contributed by atoms with Crippen molar-refractivity contribution in [2.24, 2.45) is 0 Å². The van der Waals surface area contributed by atoms with E-state index in [2.05, 4.69) is 28.2 Å². The van der Waals surface area contributed by atoms with Gasteiger partial charge in [-0.3, -0.25) is 4.79 Å². The van der Waals surface area contributed by atoms with Crippen LogP contribution in [0, 0.1) is 0 Å². The SMILES string of the molecule is CCCCOc1ccc(C(=O)Nc2ccccc2Br)cc1. The zero-order valence-corrected chi connectivity index (χ0v) is 13.5. The van der Waals surface area contributed by atoms with Crippen LogP contribution in [0.3, 0.4) is 0 Å². The third-order valence-electron chi connectivity index (χ3n) is 3.01. The molecule has 2 rings (SSSR count). The zero-order valence-electron chi connectivity index (χ0n) is 11.9. The van der Waals surface area contributed by atoms with E-state index in [9.17, 15) is 4.79 Å². The lowest BCUT2D eigenvalue weighted by Gasteiger charge is -2.08. The fourth-order valence-electron chi connectivity index (χ4n) is 1.79. The minimum atomic E-state index is -0.137. The van der Waals surface area contributed by atoms with Gasteiger partial charge in [0, 0.05) is 10.0 Å². The largest absolute Gasteiger partial charge is 0.494 e. The van der Waals surface area contributed by atoms with E-state index in [1.165, 1.54) is 0 Å². The van der Waals surface area contributed by atoms with Crippen LogP contribution in [0.1, 0.15) is 30.1 Å². The molecule has 21 heavy (non-hydrogen) atoms. The smallest absolute Gasteiger partial charge is 0.255 e. The van der Waals surface area contributed by atoms with Gasteiger partial charge < -0.3 is 10.1 Å². The average Bonchev–Trinajstić information content (AvgIpc) is 2.50. The van der Waals surface area contributed by atoms with Crippen molar-refractivity contribution in [1.29, 1.82) is 0 Å². The number of hydrogen-bond donors (Lipinski definition) is 1. The van der Waals surface area contributed by atoms with Crippen molar-refractivity contribution in [3.8, 4) is 5.75 Å². The number of para-hydroxylation sites is 1. The number of ether oxygens (including phenoxy) is 1. The fraction of sp³-hybridized carbons (Fsp3) is 0.235. The van der Waals surface area contributed by atoms with Crippen molar-refractivity contribution in [1.82, 2.24) is 0 Å². The highest BCUT2D eigenvalue weighted by molar-refractivity contribution is 9.10. The normalized spacial score (nSPS) is 10.2. The second kappa shape index (κ2) is 7.84. The molecule has 0 unspecified atom stereocenters. The van der Waals surface area contributed by atoms with E-state index in [1.807, 2.05) is 36.4 Å². The summed E-state index contributed by atoms with van der Waals surface area (Å²) in [7, 11) is 0. The first-order valence-electron chi connectivity index (χ1n) is 6.99. The number of carbonyl (C=O) groups excluding carboxylic acids is 1. The molecule has 0 saturated carbocycles. The van der Waals surface area contributed by atoms with Gasteiger partial charge in [-0.15, -0.1) is 0 Å². The van der Waals surface area contributed by atoms with Gasteiger partial charge in [0.15, 0.2) is 0 Å². The zero-order chi connectivity index (χ0) is 15.1. The van der Waals surface area contributed by atoms with Crippen LogP contribution in [0.2, 0.25) is 0 Å². The molecule has 0 heterocycles. The monoisotopic (exact) mass is 347 g/mol. The maximum Gasteiger partial charge on any atom is 0.255 e. The first kappa shape index (κ1) is 15.6. The Bertz CT molecular complexity index is 596. The molecule has 4 heteroatoms. The molecule has 0 saturated heterocycles. The number of unbranched alkanes of at least 4 members (excludes halogenated alkanes) is 1. The van der Waals surface area contributed by atoms with Crippen LogP contribution in [0.25, 0.3) is 0 Å². The summed E-state index contributed by atoms with van der Waals surface area (Å²) in [6.45, 7) is 2.83. The number of hydrogen-bond acceptors (Lipinski definition) is 2. The van der Waals surface area contributed by atoms with E-state index in [0.29, 0.717) is 12.2 Å². The van der Waals surface area contributed by atoms with E-state index in [1.54, 1.807) is 12.1 Å². The number of amides is 1. The quantitative estimate of drug-likeness (QED) is 0.756. The summed E-state index contributed by atoms with van der Waals surface area (Å²) in [5, 5.41) is 2.87. The summed E-state index contributed by atoms with van der Waals surface area (Å²) in [6, 6.07) is 14.7. The van der Waals surface area contributed by atoms with Crippen LogP contribution in [-0.2, 0) is 0 Å². The Morgan fingerprint density at radius 3 is 2.52 bits per heavy atom. The predicted molar refractivity (Wildman–Crippen MR) is 88.9 cm³/mol. The highest BCUT2D eigenvalue weighted by Gasteiger charge is 2.08. The van der Waals surface area contributed by atoms with Gasteiger partial charge in [-0.1, -0.05) is 25.5 Å². The molecule has 0 aliphatic heterocycles. The van der Waals surface area contributed by atoms with Crippen molar-refractivity contribution in [2.45, 2.75) is 19.8 Å². The summed E-state index contributed by atoms with van der Waals surface area (Å²) in [5.41, 5.74) is 1.36.